The highest BCUT2D eigenvalue weighted by molar-refractivity contribution is 5.86. The van der Waals surface area contributed by atoms with E-state index in [1.54, 1.807) is 30.9 Å². The van der Waals surface area contributed by atoms with Gasteiger partial charge in [-0.2, -0.15) is 0 Å². The van der Waals surface area contributed by atoms with E-state index in [9.17, 15) is 14.4 Å². The number of ether oxygens (including phenoxy) is 1. The molecule has 0 aliphatic carbocycles. The van der Waals surface area contributed by atoms with E-state index in [2.05, 4.69) is 22.5 Å². The lowest BCUT2D eigenvalue weighted by molar-refractivity contribution is -0.135. The van der Waals surface area contributed by atoms with Crippen molar-refractivity contribution in [1.82, 2.24) is 19.8 Å². The zero-order valence-electron chi connectivity index (χ0n) is 25.8. The van der Waals surface area contributed by atoms with Gasteiger partial charge in [0.1, 0.15) is 6.04 Å². The summed E-state index contributed by atoms with van der Waals surface area (Å²) in [5.74, 6) is 0.391. The Morgan fingerprint density at radius 1 is 1.09 bits per heavy atom. The van der Waals surface area contributed by atoms with E-state index in [-0.39, 0.29) is 54.8 Å². The van der Waals surface area contributed by atoms with Crippen molar-refractivity contribution in [3.05, 3.63) is 84.3 Å². The molecule has 12 heteroatoms. The Bertz CT molecular complexity index is 1270. The van der Waals surface area contributed by atoms with Gasteiger partial charge in [0.05, 0.1) is 25.1 Å². The van der Waals surface area contributed by atoms with E-state index in [1.807, 2.05) is 72.5 Å². The molecular formula is C32H46Cl2N6O4. The van der Waals surface area contributed by atoms with Crippen LogP contribution in [0.15, 0.2) is 73.2 Å². The molecule has 0 bridgehead atoms. The first-order valence-corrected chi connectivity index (χ1v) is 14.4. The van der Waals surface area contributed by atoms with Gasteiger partial charge in [-0.3, -0.25) is 14.4 Å². The summed E-state index contributed by atoms with van der Waals surface area (Å²) in [7, 11) is 0. The number of nitrogens with one attached hydrogen (secondary N) is 2. The summed E-state index contributed by atoms with van der Waals surface area (Å²) < 4.78 is 7.34. The Kier molecular flexibility index (Phi) is 16.7. The highest BCUT2D eigenvalue weighted by atomic mass is 35.5. The second-order valence-corrected chi connectivity index (χ2v) is 11.3. The molecule has 2 heterocycles. The fourth-order valence-corrected chi connectivity index (χ4v) is 4.63. The molecule has 3 amide bonds. The summed E-state index contributed by atoms with van der Waals surface area (Å²) in [6, 6.07) is 19.7. The molecule has 0 spiro atoms. The number of benzene rings is 2. The fraction of sp³-hybridized carbons (Fsp3) is 0.438. The van der Waals surface area contributed by atoms with Gasteiger partial charge >= 0.3 is 0 Å². The van der Waals surface area contributed by atoms with Gasteiger partial charge in [-0.05, 0) is 51.7 Å². The number of nitrogens with two attached hydrogens (primary N) is 1. The number of hydrogen-bond donors (Lipinski definition) is 3. The molecule has 1 aliphatic rings. The molecule has 1 saturated heterocycles. The van der Waals surface area contributed by atoms with Crippen molar-refractivity contribution in [1.29, 1.82) is 0 Å². The summed E-state index contributed by atoms with van der Waals surface area (Å²) in [6.07, 6.45) is 6.60. The zero-order chi connectivity index (χ0) is 30.5. The average Bonchev–Trinajstić information content (AvgIpc) is 3.61. The van der Waals surface area contributed by atoms with Crippen molar-refractivity contribution in [3.63, 3.8) is 0 Å². The monoisotopic (exact) mass is 648 g/mol. The van der Waals surface area contributed by atoms with Gasteiger partial charge in [0, 0.05) is 31.2 Å². The highest BCUT2D eigenvalue weighted by Crippen LogP contribution is 2.24. The van der Waals surface area contributed by atoms with Gasteiger partial charge in [0.15, 0.2) is 5.82 Å². The predicted molar refractivity (Wildman–Crippen MR) is 178 cm³/mol. The van der Waals surface area contributed by atoms with Gasteiger partial charge in [-0.1, -0.05) is 60.7 Å². The van der Waals surface area contributed by atoms with E-state index >= 15 is 0 Å². The zero-order valence-corrected chi connectivity index (χ0v) is 27.5. The Labute approximate surface area is 272 Å². The Morgan fingerprint density at radius 2 is 1.70 bits per heavy atom. The van der Waals surface area contributed by atoms with Gasteiger partial charge in [-0.25, -0.2) is 4.98 Å². The van der Waals surface area contributed by atoms with Crippen molar-refractivity contribution >= 4 is 48.9 Å². The van der Waals surface area contributed by atoms with E-state index in [0.29, 0.717) is 31.9 Å². The van der Waals surface area contributed by atoms with Crippen molar-refractivity contribution < 1.29 is 19.1 Å². The Balaban J connectivity index is 0.000000438. The van der Waals surface area contributed by atoms with Crippen LogP contribution in [0.2, 0.25) is 0 Å². The van der Waals surface area contributed by atoms with Crippen LogP contribution in [0.4, 0.5) is 5.82 Å². The SMILES string of the molecule is C[C@@H](COCc1ccccc1)NC(=O)C(C)(C)N.C[C@@H]1CCCN1C(=O)C(Cc1ccccc1)n1cnc(NC=O)c1.Cl.Cl. The summed E-state index contributed by atoms with van der Waals surface area (Å²) in [4.78, 5) is 41.4. The van der Waals surface area contributed by atoms with Crippen molar-refractivity contribution in [3.8, 4) is 0 Å². The largest absolute Gasteiger partial charge is 0.375 e. The number of carbonyl (C=O) groups is 3. The van der Waals surface area contributed by atoms with Gasteiger partial charge in [-0.15, -0.1) is 24.8 Å². The summed E-state index contributed by atoms with van der Waals surface area (Å²) in [6.45, 7) is 9.18. The number of hydrogen-bond acceptors (Lipinski definition) is 6. The number of aromatic nitrogens is 2. The molecule has 3 atom stereocenters. The first-order chi connectivity index (χ1) is 20.1. The van der Waals surface area contributed by atoms with Gasteiger partial charge in [0.25, 0.3) is 0 Å². The minimum Gasteiger partial charge on any atom is -0.375 e. The number of nitrogens with zero attached hydrogens (tertiary/aromatic N) is 3. The first kappa shape index (κ1) is 38.6. The number of imidazole rings is 1. The number of likely N-dealkylation sites (tertiary alicyclic amines) is 1. The van der Waals surface area contributed by atoms with Crippen LogP contribution in [0.5, 0.6) is 0 Å². The molecule has 1 aromatic heterocycles. The average molecular weight is 650 g/mol. The van der Waals surface area contributed by atoms with Crippen LogP contribution >= 0.6 is 24.8 Å². The van der Waals surface area contributed by atoms with E-state index in [0.717, 1.165) is 30.5 Å². The Hall–Kier alpha value is -3.44. The van der Waals surface area contributed by atoms with Crippen LogP contribution in [-0.2, 0) is 32.1 Å². The van der Waals surface area contributed by atoms with Crippen molar-refractivity contribution in [2.24, 2.45) is 5.73 Å². The van der Waals surface area contributed by atoms with E-state index in [1.165, 1.54) is 0 Å². The minimum atomic E-state index is -0.853. The number of amides is 3. The Morgan fingerprint density at radius 3 is 2.25 bits per heavy atom. The number of rotatable bonds is 12. The van der Waals surface area contributed by atoms with Gasteiger partial charge < -0.3 is 30.6 Å². The van der Waals surface area contributed by atoms with E-state index in [4.69, 9.17) is 10.5 Å². The third-order valence-corrected chi connectivity index (χ3v) is 7.00. The number of carbonyl (C=O) groups excluding carboxylic acids is 3. The third-order valence-electron chi connectivity index (χ3n) is 7.00. The quantitative estimate of drug-likeness (QED) is 0.247. The molecule has 1 fully saturated rings. The normalized spacial score (nSPS) is 15.4. The summed E-state index contributed by atoms with van der Waals surface area (Å²) >= 11 is 0. The topological polar surface area (TPSA) is 132 Å². The molecule has 242 valence electrons. The maximum Gasteiger partial charge on any atom is 0.246 e. The maximum absolute atomic E-state index is 13.1. The lowest BCUT2D eigenvalue weighted by atomic mass is 10.0. The van der Waals surface area contributed by atoms with Crippen LogP contribution in [-0.4, -0.2) is 63.4 Å². The molecule has 1 unspecified atom stereocenters. The molecule has 0 saturated carbocycles. The third kappa shape index (κ3) is 12.3. The molecule has 2 aromatic carbocycles. The first-order valence-electron chi connectivity index (χ1n) is 14.4. The lowest BCUT2D eigenvalue weighted by Gasteiger charge is -2.27. The highest BCUT2D eigenvalue weighted by Gasteiger charge is 2.32. The molecule has 1 aliphatic heterocycles. The number of halogens is 2. The molecular weight excluding hydrogens is 603 g/mol. The number of anilines is 1. The standard InChI is InChI=1S/C18H22N4O2.C14H22N2O2.2ClH/c1-14-6-5-9-22(14)18(24)16(10-15-7-3-2-4-8-15)21-11-17(19-12-21)20-13-23;1-11(16-13(17)14(2,3)15)9-18-10-12-7-5-4-6-8-12;;/h2-4,7-8,11-14,16H,5-6,9-10H2,1H3,(H,20,23);4-8,11H,9-10,15H2,1-3H3,(H,16,17);2*1H/t14-,16?;11-;;/m10../s1. The van der Waals surface area contributed by atoms with E-state index < -0.39 is 5.54 Å². The summed E-state index contributed by atoms with van der Waals surface area (Å²) in [5.41, 5.74) is 7.06. The van der Waals surface area contributed by atoms with Crippen LogP contribution < -0.4 is 16.4 Å². The smallest absolute Gasteiger partial charge is 0.246 e. The molecule has 10 nitrogen and oxygen atoms in total. The second-order valence-electron chi connectivity index (χ2n) is 11.3. The lowest BCUT2D eigenvalue weighted by Crippen LogP contribution is -2.52. The second kappa shape index (κ2) is 19.1. The van der Waals surface area contributed by atoms with Gasteiger partial charge in [0.2, 0.25) is 18.2 Å². The van der Waals surface area contributed by atoms with Crippen LogP contribution in [0.25, 0.3) is 0 Å². The van der Waals surface area contributed by atoms with Crippen LogP contribution in [0, 0.1) is 0 Å². The van der Waals surface area contributed by atoms with Crippen molar-refractivity contribution in [2.75, 3.05) is 18.5 Å². The minimum absolute atomic E-state index is 0. The molecule has 3 aromatic rings. The predicted octanol–water partition coefficient (Wildman–Crippen LogP) is 4.53. The van der Waals surface area contributed by atoms with Crippen LogP contribution in [0.1, 0.15) is 57.7 Å². The summed E-state index contributed by atoms with van der Waals surface area (Å²) in [5, 5.41) is 5.34. The molecule has 4 rings (SSSR count). The molecule has 44 heavy (non-hydrogen) atoms. The van der Waals surface area contributed by atoms with Crippen LogP contribution in [0.3, 0.4) is 0 Å². The molecule has 0 radical (unpaired) electrons. The molecule has 4 N–H and O–H groups in total. The fourth-order valence-electron chi connectivity index (χ4n) is 4.63. The van der Waals surface area contributed by atoms with Crippen molar-refractivity contribution in [2.45, 2.75) is 77.2 Å². The maximum atomic E-state index is 13.1.